The third-order valence-corrected chi connectivity index (χ3v) is 6.66. The zero-order valence-electron chi connectivity index (χ0n) is 17.6. The van der Waals surface area contributed by atoms with E-state index in [2.05, 4.69) is 52.4 Å². The Kier molecular flexibility index (Phi) is 7.10. The minimum absolute atomic E-state index is 0.101. The second kappa shape index (κ2) is 10.2. The Morgan fingerprint density at radius 3 is 2.47 bits per heavy atom. The Morgan fingerprint density at radius 1 is 1.03 bits per heavy atom. The van der Waals surface area contributed by atoms with Crippen molar-refractivity contribution in [2.75, 3.05) is 32.7 Å². The SMILES string of the molecule is CCC[C@@H](NC(=O)CN1CCN(Cc2nc3ccccc3s2)CC1)c1ccccc1. The molecule has 0 aliphatic carbocycles. The summed E-state index contributed by atoms with van der Waals surface area (Å²) in [6, 6.07) is 18.7. The van der Waals surface area contributed by atoms with Crippen LogP contribution in [0.4, 0.5) is 0 Å². The first-order chi connectivity index (χ1) is 14.7. The van der Waals surface area contributed by atoms with Gasteiger partial charge in [-0.15, -0.1) is 11.3 Å². The molecule has 0 bridgehead atoms. The summed E-state index contributed by atoms with van der Waals surface area (Å²) in [5, 5.41) is 4.42. The molecule has 3 aromatic rings. The number of amides is 1. The van der Waals surface area contributed by atoms with E-state index >= 15 is 0 Å². The van der Waals surface area contributed by atoms with E-state index in [-0.39, 0.29) is 11.9 Å². The average Bonchev–Trinajstić information content (AvgIpc) is 3.18. The summed E-state index contributed by atoms with van der Waals surface area (Å²) >= 11 is 1.78. The first kappa shape index (κ1) is 21.0. The lowest BCUT2D eigenvalue weighted by atomic mass is 10.0. The van der Waals surface area contributed by atoms with E-state index in [1.807, 2.05) is 24.3 Å². The molecule has 1 fully saturated rings. The van der Waals surface area contributed by atoms with Gasteiger partial charge in [-0.05, 0) is 24.1 Å². The molecule has 6 heteroatoms. The molecule has 0 spiro atoms. The smallest absolute Gasteiger partial charge is 0.234 e. The van der Waals surface area contributed by atoms with Gasteiger partial charge in [0.15, 0.2) is 0 Å². The highest BCUT2D eigenvalue weighted by Gasteiger charge is 2.21. The van der Waals surface area contributed by atoms with Crippen LogP contribution in [0.3, 0.4) is 0 Å². The van der Waals surface area contributed by atoms with E-state index in [9.17, 15) is 4.79 Å². The number of rotatable bonds is 8. The van der Waals surface area contributed by atoms with Crippen LogP contribution in [0, 0.1) is 0 Å². The predicted molar refractivity (Wildman–Crippen MR) is 124 cm³/mol. The van der Waals surface area contributed by atoms with Crippen molar-refractivity contribution >= 4 is 27.5 Å². The van der Waals surface area contributed by atoms with Crippen LogP contribution in [0.25, 0.3) is 10.2 Å². The van der Waals surface area contributed by atoms with Gasteiger partial charge in [0, 0.05) is 26.2 Å². The second-order valence-electron chi connectivity index (χ2n) is 7.95. The van der Waals surface area contributed by atoms with Crippen LogP contribution in [-0.4, -0.2) is 53.4 Å². The lowest BCUT2D eigenvalue weighted by Crippen LogP contribution is -2.49. The number of nitrogens with zero attached hydrogens (tertiary/aromatic N) is 3. The molecule has 158 valence electrons. The van der Waals surface area contributed by atoms with Crippen LogP contribution >= 0.6 is 11.3 Å². The Bertz CT molecular complexity index is 917. The Morgan fingerprint density at radius 2 is 1.73 bits per heavy atom. The minimum atomic E-state index is 0.101. The summed E-state index contributed by atoms with van der Waals surface area (Å²) in [7, 11) is 0. The zero-order valence-corrected chi connectivity index (χ0v) is 18.4. The number of hydrogen-bond donors (Lipinski definition) is 1. The van der Waals surface area contributed by atoms with Crippen molar-refractivity contribution in [2.24, 2.45) is 0 Å². The van der Waals surface area contributed by atoms with E-state index in [4.69, 9.17) is 4.98 Å². The molecule has 2 aromatic carbocycles. The van der Waals surface area contributed by atoms with Crippen LogP contribution in [0.5, 0.6) is 0 Å². The van der Waals surface area contributed by atoms with Crippen molar-refractivity contribution in [1.82, 2.24) is 20.1 Å². The van der Waals surface area contributed by atoms with Gasteiger partial charge in [-0.1, -0.05) is 55.8 Å². The van der Waals surface area contributed by atoms with E-state index in [1.54, 1.807) is 11.3 Å². The molecule has 4 rings (SSSR count). The Labute approximate surface area is 182 Å². The summed E-state index contributed by atoms with van der Waals surface area (Å²) in [4.78, 5) is 22.1. The van der Waals surface area contributed by atoms with Crippen molar-refractivity contribution < 1.29 is 4.79 Å². The van der Waals surface area contributed by atoms with E-state index in [0.29, 0.717) is 6.54 Å². The molecule has 1 atom stereocenters. The topological polar surface area (TPSA) is 48.5 Å². The van der Waals surface area contributed by atoms with Gasteiger partial charge in [0.1, 0.15) is 5.01 Å². The molecular formula is C24H30N4OS. The van der Waals surface area contributed by atoms with Crippen molar-refractivity contribution in [3.63, 3.8) is 0 Å². The number of para-hydroxylation sites is 1. The van der Waals surface area contributed by atoms with Gasteiger partial charge in [-0.2, -0.15) is 0 Å². The van der Waals surface area contributed by atoms with Gasteiger partial charge in [-0.25, -0.2) is 4.98 Å². The van der Waals surface area contributed by atoms with Crippen LogP contribution in [-0.2, 0) is 11.3 Å². The molecule has 1 aliphatic rings. The van der Waals surface area contributed by atoms with Crippen molar-refractivity contribution in [1.29, 1.82) is 0 Å². The molecule has 5 nitrogen and oxygen atoms in total. The zero-order chi connectivity index (χ0) is 20.8. The standard InChI is InChI=1S/C24H30N4OS/c1-2-8-20(19-9-4-3-5-10-19)25-23(29)17-27-13-15-28(16-14-27)18-24-26-21-11-6-7-12-22(21)30-24/h3-7,9-12,20H,2,8,13-18H2,1H3,(H,25,29)/t20-/m1/s1. The highest BCUT2D eigenvalue weighted by molar-refractivity contribution is 7.18. The third-order valence-electron chi connectivity index (χ3n) is 5.64. The number of aromatic nitrogens is 1. The maximum Gasteiger partial charge on any atom is 0.234 e. The van der Waals surface area contributed by atoms with Crippen LogP contribution < -0.4 is 5.32 Å². The van der Waals surface area contributed by atoms with E-state index < -0.39 is 0 Å². The Balaban J connectivity index is 1.25. The lowest BCUT2D eigenvalue weighted by molar-refractivity contribution is -0.123. The summed E-state index contributed by atoms with van der Waals surface area (Å²) in [5.74, 6) is 0.122. The fourth-order valence-electron chi connectivity index (χ4n) is 4.02. The number of hydrogen-bond acceptors (Lipinski definition) is 5. The normalized spacial score (nSPS) is 16.6. The van der Waals surface area contributed by atoms with Crippen LogP contribution in [0.15, 0.2) is 54.6 Å². The maximum absolute atomic E-state index is 12.7. The van der Waals surface area contributed by atoms with Crippen molar-refractivity contribution in [3.8, 4) is 0 Å². The quantitative estimate of drug-likeness (QED) is 0.594. The molecule has 0 radical (unpaired) electrons. The highest BCUT2D eigenvalue weighted by Crippen LogP contribution is 2.23. The third kappa shape index (κ3) is 5.45. The molecular weight excluding hydrogens is 392 g/mol. The summed E-state index contributed by atoms with van der Waals surface area (Å²) in [5.41, 5.74) is 2.28. The first-order valence-corrected chi connectivity index (χ1v) is 11.7. The average molecular weight is 423 g/mol. The molecule has 30 heavy (non-hydrogen) atoms. The van der Waals surface area contributed by atoms with Gasteiger partial charge in [0.05, 0.1) is 29.3 Å². The van der Waals surface area contributed by atoms with Crippen LogP contribution in [0.1, 0.15) is 36.4 Å². The highest BCUT2D eigenvalue weighted by atomic mass is 32.1. The number of fused-ring (bicyclic) bond motifs is 1. The fourth-order valence-corrected chi connectivity index (χ4v) is 5.03. The van der Waals surface area contributed by atoms with E-state index in [1.165, 1.54) is 15.3 Å². The number of benzene rings is 2. The van der Waals surface area contributed by atoms with Gasteiger partial charge >= 0.3 is 0 Å². The lowest BCUT2D eigenvalue weighted by Gasteiger charge is -2.34. The molecule has 2 heterocycles. The van der Waals surface area contributed by atoms with Gasteiger partial charge in [-0.3, -0.25) is 14.6 Å². The number of nitrogens with one attached hydrogen (secondary N) is 1. The second-order valence-corrected chi connectivity index (χ2v) is 9.06. The number of carbonyl (C=O) groups is 1. The fraction of sp³-hybridized carbons (Fsp3) is 0.417. The molecule has 1 amide bonds. The largest absolute Gasteiger partial charge is 0.348 e. The number of piperazine rings is 1. The van der Waals surface area contributed by atoms with Gasteiger partial charge < -0.3 is 5.32 Å². The molecule has 0 saturated carbocycles. The monoisotopic (exact) mass is 422 g/mol. The molecule has 0 unspecified atom stereocenters. The molecule has 1 aliphatic heterocycles. The number of thiazole rings is 1. The van der Waals surface area contributed by atoms with Gasteiger partial charge in [0.25, 0.3) is 0 Å². The molecule has 1 saturated heterocycles. The van der Waals surface area contributed by atoms with Crippen LogP contribution in [0.2, 0.25) is 0 Å². The predicted octanol–water partition coefficient (Wildman–Crippen LogP) is 4.07. The maximum atomic E-state index is 12.7. The van der Waals surface area contributed by atoms with Crippen molar-refractivity contribution in [3.05, 3.63) is 65.2 Å². The van der Waals surface area contributed by atoms with E-state index in [0.717, 1.165) is 51.1 Å². The summed E-state index contributed by atoms with van der Waals surface area (Å²) < 4.78 is 1.25. The first-order valence-electron chi connectivity index (χ1n) is 10.8. The Hall–Kier alpha value is -2.28. The van der Waals surface area contributed by atoms with Crippen molar-refractivity contribution in [2.45, 2.75) is 32.4 Å². The summed E-state index contributed by atoms with van der Waals surface area (Å²) in [6.45, 7) is 7.31. The molecule has 1 aromatic heterocycles. The molecule has 1 N–H and O–H groups in total. The minimum Gasteiger partial charge on any atom is -0.348 e. The van der Waals surface area contributed by atoms with Gasteiger partial charge in [0.2, 0.25) is 5.91 Å². The number of carbonyl (C=O) groups excluding carboxylic acids is 1. The summed E-state index contributed by atoms with van der Waals surface area (Å²) in [6.07, 6.45) is 2.01.